The van der Waals surface area contributed by atoms with E-state index in [0.717, 1.165) is 11.1 Å². The zero-order valence-electron chi connectivity index (χ0n) is 13.9. The number of halogens is 2. The third-order valence-corrected chi connectivity index (χ3v) is 4.79. The predicted molar refractivity (Wildman–Crippen MR) is 98.2 cm³/mol. The van der Waals surface area contributed by atoms with Crippen LogP contribution < -0.4 is 4.90 Å². The van der Waals surface area contributed by atoms with E-state index in [1.807, 2.05) is 11.8 Å². The number of fused-ring (bicyclic) bond motifs is 1. The molecule has 1 aromatic heterocycles. The van der Waals surface area contributed by atoms with Crippen LogP contribution in [0.5, 0.6) is 0 Å². The molecule has 0 spiro atoms. The van der Waals surface area contributed by atoms with Gasteiger partial charge in [-0.15, -0.1) is 12.4 Å². The molecule has 25 heavy (non-hydrogen) atoms. The standard InChI is InChI=1S/C16H17FN4O2S.ClH/c1-3-24-15-14(21(22)23)10(2)18-16(19-15)20-7-6-11-8-13(17)5-4-12(11)9-20;/h4-5,8H,3,6-7,9H2,1-2H3;1H. The van der Waals surface area contributed by atoms with Crippen molar-refractivity contribution in [3.63, 3.8) is 0 Å². The first-order chi connectivity index (χ1) is 11.5. The third kappa shape index (κ3) is 4.01. The van der Waals surface area contributed by atoms with E-state index in [4.69, 9.17) is 0 Å². The summed E-state index contributed by atoms with van der Waals surface area (Å²) in [5.41, 5.74) is 2.37. The topological polar surface area (TPSA) is 72.2 Å². The Hall–Kier alpha value is -1.93. The maximum Gasteiger partial charge on any atom is 0.322 e. The second-order valence-electron chi connectivity index (χ2n) is 5.54. The van der Waals surface area contributed by atoms with Gasteiger partial charge in [0, 0.05) is 13.1 Å². The van der Waals surface area contributed by atoms with Gasteiger partial charge in [0.1, 0.15) is 11.5 Å². The first kappa shape index (κ1) is 19.4. The van der Waals surface area contributed by atoms with Gasteiger partial charge in [0.15, 0.2) is 5.03 Å². The van der Waals surface area contributed by atoms with Crippen LogP contribution in [-0.4, -0.2) is 27.2 Å². The molecule has 0 radical (unpaired) electrons. The summed E-state index contributed by atoms with van der Waals surface area (Å²) < 4.78 is 13.3. The molecule has 0 saturated carbocycles. The number of rotatable bonds is 4. The predicted octanol–water partition coefficient (Wildman–Crippen LogP) is 3.93. The van der Waals surface area contributed by atoms with Gasteiger partial charge in [0.25, 0.3) is 0 Å². The highest BCUT2D eigenvalue weighted by Crippen LogP contribution is 2.32. The second-order valence-corrected chi connectivity index (χ2v) is 6.79. The maximum atomic E-state index is 13.3. The van der Waals surface area contributed by atoms with Crippen molar-refractivity contribution in [2.75, 3.05) is 17.2 Å². The van der Waals surface area contributed by atoms with Crippen molar-refractivity contribution in [2.24, 2.45) is 0 Å². The van der Waals surface area contributed by atoms with Gasteiger partial charge in [-0.25, -0.2) is 9.37 Å². The number of anilines is 1. The summed E-state index contributed by atoms with van der Waals surface area (Å²) in [5.74, 6) is 0.953. The minimum Gasteiger partial charge on any atom is -0.336 e. The van der Waals surface area contributed by atoms with Gasteiger partial charge < -0.3 is 4.90 Å². The van der Waals surface area contributed by atoms with Crippen LogP contribution >= 0.6 is 24.2 Å². The molecule has 0 saturated heterocycles. The fraction of sp³-hybridized carbons (Fsp3) is 0.375. The van der Waals surface area contributed by atoms with Crippen LogP contribution in [0.3, 0.4) is 0 Å². The van der Waals surface area contributed by atoms with E-state index in [2.05, 4.69) is 9.97 Å². The van der Waals surface area contributed by atoms with Crippen molar-refractivity contribution < 1.29 is 9.31 Å². The minimum atomic E-state index is -0.425. The fourth-order valence-corrected chi connectivity index (χ4v) is 3.59. The molecule has 2 aromatic rings. The summed E-state index contributed by atoms with van der Waals surface area (Å²) in [6.07, 6.45) is 0.697. The Kier molecular flexibility index (Phi) is 6.18. The minimum absolute atomic E-state index is 0. The molecule has 9 heteroatoms. The lowest BCUT2D eigenvalue weighted by molar-refractivity contribution is -0.389. The summed E-state index contributed by atoms with van der Waals surface area (Å²) in [4.78, 5) is 21.6. The molecule has 1 aromatic carbocycles. The molecule has 1 aliphatic heterocycles. The Morgan fingerprint density at radius 1 is 1.36 bits per heavy atom. The molecular formula is C16H18ClFN4O2S. The van der Waals surface area contributed by atoms with E-state index in [-0.39, 0.29) is 23.9 Å². The highest BCUT2D eigenvalue weighted by molar-refractivity contribution is 7.99. The third-order valence-electron chi connectivity index (χ3n) is 3.94. The Balaban J connectivity index is 0.00000225. The van der Waals surface area contributed by atoms with Gasteiger partial charge in [-0.1, -0.05) is 24.8 Å². The van der Waals surface area contributed by atoms with Gasteiger partial charge in [-0.2, -0.15) is 4.98 Å². The Morgan fingerprint density at radius 2 is 2.12 bits per heavy atom. The molecule has 6 nitrogen and oxygen atoms in total. The van der Waals surface area contributed by atoms with Crippen LogP contribution in [0.15, 0.2) is 23.2 Å². The molecule has 3 rings (SSSR count). The first-order valence-corrected chi connectivity index (χ1v) is 8.66. The van der Waals surface area contributed by atoms with Gasteiger partial charge in [0.05, 0.1) is 4.92 Å². The fourth-order valence-electron chi connectivity index (χ4n) is 2.81. The first-order valence-electron chi connectivity index (χ1n) is 7.67. The van der Waals surface area contributed by atoms with Crippen molar-refractivity contribution in [1.29, 1.82) is 0 Å². The number of nitrogens with zero attached hydrogens (tertiary/aromatic N) is 4. The quantitative estimate of drug-likeness (QED) is 0.344. The molecule has 2 heterocycles. The lowest BCUT2D eigenvalue weighted by Crippen LogP contribution is -2.32. The van der Waals surface area contributed by atoms with Crippen molar-refractivity contribution in [1.82, 2.24) is 9.97 Å². The average Bonchev–Trinajstić information content (AvgIpc) is 2.53. The van der Waals surface area contributed by atoms with Crippen LogP contribution in [0, 0.1) is 22.9 Å². The molecule has 134 valence electrons. The van der Waals surface area contributed by atoms with Gasteiger partial charge in [0.2, 0.25) is 5.95 Å². The van der Waals surface area contributed by atoms with Crippen LogP contribution in [0.1, 0.15) is 23.7 Å². The van der Waals surface area contributed by atoms with Crippen molar-refractivity contribution in [2.45, 2.75) is 31.8 Å². The average molecular weight is 385 g/mol. The second kappa shape index (κ2) is 7.97. The SMILES string of the molecule is CCSc1nc(N2CCc3cc(F)ccc3C2)nc(C)c1[N+](=O)[O-].Cl. The van der Waals surface area contributed by atoms with Crippen LogP contribution in [0.4, 0.5) is 16.0 Å². The molecule has 0 unspecified atom stereocenters. The summed E-state index contributed by atoms with van der Waals surface area (Å²) in [6, 6.07) is 4.78. The molecule has 0 amide bonds. The monoisotopic (exact) mass is 384 g/mol. The highest BCUT2D eigenvalue weighted by Gasteiger charge is 2.25. The molecule has 0 atom stereocenters. The Morgan fingerprint density at radius 3 is 2.80 bits per heavy atom. The number of nitro groups is 1. The number of aromatic nitrogens is 2. The smallest absolute Gasteiger partial charge is 0.322 e. The van der Waals surface area contributed by atoms with E-state index in [1.165, 1.54) is 17.8 Å². The summed E-state index contributed by atoms with van der Waals surface area (Å²) in [6.45, 7) is 4.79. The van der Waals surface area contributed by atoms with Gasteiger partial charge >= 0.3 is 5.69 Å². The summed E-state index contributed by atoms with van der Waals surface area (Å²) >= 11 is 1.34. The number of hydrogen-bond donors (Lipinski definition) is 0. The number of hydrogen-bond acceptors (Lipinski definition) is 6. The largest absolute Gasteiger partial charge is 0.336 e. The lowest BCUT2D eigenvalue weighted by atomic mass is 10.00. The highest BCUT2D eigenvalue weighted by atomic mass is 35.5. The van der Waals surface area contributed by atoms with E-state index < -0.39 is 4.92 Å². The summed E-state index contributed by atoms with van der Waals surface area (Å²) in [5, 5.41) is 11.7. The van der Waals surface area contributed by atoms with Gasteiger partial charge in [-0.3, -0.25) is 10.1 Å². The van der Waals surface area contributed by atoms with Gasteiger partial charge in [-0.05, 0) is 42.4 Å². The lowest BCUT2D eigenvalue weighted by Gasteiger charge is -2.29. The van der Waals surface area contributed by atoms with Crippen molar-refractivity contribution >= 4 is 35.8 Å². The van der Waals surface area contributed by atoms with Crippen LogP contribution in [-0.2, 0) is 13.0 Å². The van der Waals surface area contributed by atoms with E-state index >= 15 is 0 Å². The van der Waals surface area contributed by atoms with Crippen molar-refractivity contribution in [3.8, 4) is 0 Å². The molecule has 0 bridgehead atoms. The Bertz CT molecular complexity index is 806. The van der Waals surface area contributed by atoms with E-state index in [1.54, 1.807) is 19.1 Å². The maximum absolute atomic E-state index is 13.3. The number of thioether (sulfide) groups is 1. The van der Waals surface area contributed by atoms with Crippen LogP contribution in [0.25, 0.3) is 0 Å². The zero-order valence-corrected chi connectivity index (χ0v) is 15.5. The molecule has 0 fully saturated rings. The molecule has 0 N–H and O–H groups in total. The van der Waals surface area contributed by atoms with Crippen molar-refractivity contribution in [3.05, 3.63) is 51.0 Å². The van der Waals surface area contributed by atoms with Crippen LogP contribution in [0.2, 0.25) is 0 Å². The molecular weight excluding hydrogens is 367 g/mol. The molecule has 0 aliphatic carbocycles. The normalized spacial score (nSPS) is 13.2. The molecule has 1 aliphatic rings. The summed E-state index contributed by atoms with van der Waals surface area (Å²) in [7, 11) is 0. The van der Waals surface area contributed by atoms with E-state index in [0.29, 0.717) is 41.9 Å². The Labute approximate surface area is 155 Å². The zero-order chi connectivity index (χ0) is 17.3. The van der Waals surface area contributed by atoms with E-state index in [9.17, 15) is 14.5 Å². The number of aryl methyl sites for hydroxylation is 1. The number of benzene rings is 1.